The van der Waals surface area contributed by atoms with Crippen molar-refractivity contribution < 1.29 is 19.1 Å². The predicted octanol–water partition coefficient (Wildman–Crippen LogP) is 6.03. The molecular weight excluding hydrogens is 502 g/mol. The number of benzene rings is 4. The van der Waals surface area contributed by atoms with Crippen molar-refractivity contribution >= 4 is 28.8 Å². The molecule has 4 aromatic rings. The number of ether oxygens (including phenoxy) is 2. The van der Waals surface area contributed by atoms with E-state index in [1.807, 2.05) is 76.2 Å². The second-order valence-electron chi connectivity index (χ2n) is 9.86. The van der Waals surface area contributed by atoms with Crippen molar-refractivity contribution in [1.29, 1.82) is 0 Å². The third-order valence-electron chi connectivity index (χ3n) is 6.47. The lowest BCUT2D eigenvalue weighted by molar-refractivity contribution is -0.123. The van der Waals surface area contributed by atoms with Crippen LogP contribution in [0.15, 0.2) is 90.0 Å². The van der Waals surface area contributed by atoms with Gasteiger partial charge < -0.3 is 14.8 Å². The number of hydrogen-bond acceptors (Lipinski definition) is 5. The molecule has 0 radical (unpaired) electrons. The van der Waals surface area contributed by atoms with Gasteiger partial charge in [0.15, 0.2) is 11.5 Å². The molecule has 206 valence electrons. The number of fused-ring (bicyclic) bond motifs is 1. The Morgan fingerprint density at radius 1 is 0.900 bits per heavy atom. The maximum absolute atomic E-state index is 12.8. The molecule has 2 N–H and O–H groups in total. The largest absolute Gasteiger partial charge is 0.490 e. The lowest BCUT2D eigenvalue weighted by Crippen LogP contribution is -2.48. The fraction of sp³-hybridized carbons (Fsp3) is 0.242. The number of carbonyl (C=O) groups excluding carboxylic acids is 2. The Morgan fingerprint density at radius 3 is 2.40 bits per heavy atom. The lowest BCUT2D eigenvalue weighted by atomic mass is 10.0. The molecule has 40 heavy (non-hydrogen) atoms. The molecule has 0 aliphatic rings. The summed E-state index contributed by atoms with van der Waals surface area (Å²) in [6, 6.07) is 26.3. The molecular formula is C33H35N3O4. The van der Waals surface area contributed by atoms with E-state index in [9.17, 15) is 9.59 Å². The summed E-state index contributed by atoms with van der Waals surface area (Å²) in [6.45, 7) is 8.47. The van der Waals surface area contributed by atoms with Gasteiger partial charge in [-0.1, -0.05) is 74.0 Å². The molecule has 2 amide bonds. The van der Waals surface area contributed by atoms with Crippen LogP contribution in [0.5, 0.6) is 11.5 Å². The Labute approximate surface area is 235 Å². The molecule has 0 saturated heterocycles. The maximum atomic E-state index is 12.8. The van der Waals surface area contributed by atoms with Crippen LogP contribution >= 0.6 is 0 Å². The van der Waals surface area contributed by atoms with Gasteiger partial charge in [-0.15, -0.1) is 0 Å². The summed E-state index contributed by atoms with van der Waals surface area (Å²) < 4.78 is 12.0. The monoisotopic (exact) mass is 537 g/mol. The second-order valence-corrected chi connectivity index (χ2v) is 9.86. The highest BCUT2D eigenvalue weighted by atomic mass is 16.5. The zero-order valence-electron chi connectivity index (χ0n) is 23.3. The summed E-state index contributed by atoms with van der Waals surface area (Å²) in [7, 11) is 0. The molecule has 4 rings (SSSR count). The number of nitrogens with zero attached hydrogens (tertiary/aromatic N) is 1. The van der Waals surface area contributed by atoms with Gasteiger partial charge in [-0.2, -0.15) is 5.10 Å². The van der Waals surface area contributed by atoms with Crippen molar-refractivity contribution in [2.75, 3.05) is 6.61 Å². The van der Waals surface area contributed by atoms with Gasteiger partial charge in [-0.25, -0.2) is 5.43 Å². The SMILES string of the molecule is CCOc1cc(C=NNC(=O)C(NC(=O)c2ccc(C)cc2)C(C)C)ccc1OCc1cccc2ccccc12. The third-order valence-corrected chi connectivity index (χ3v) is 6.47. The molecule has 0 aliphatic heterocycles. The molecule has 0 fully saturated rings. The minimum Gasteiger partial charge on any atom is -0.490 e. The van der Waals surface area contributed by atoms with Crippen LogP contribution in [0, 0.1) is 12.8 Å². The van der Waals surface area contributed by atoms with Gasteiger partial charge in [0.2, 0.25) is 0 Å². The molecule has 0 saturated carbocycles. The van der Waals surface area contributed by atoms with E-state index in [-0.39, 0.29) is 11.8 Å². The number of hydrazone groups is 1. The molecule has 0 bridgehead atoms. The average Bonchev–Trinajstić information content (AvgIpc) is 2.95. The molecule has 0 heterocycles. The van der Waals surface area contributed by atoms with Crippen LogP contribution < -0.4 is 20.2 Å². The average molecular weight is 538 g/mol. The fourth-order valence-electron chi connectivity index (χ4n) is 4.27. The Morgan fingerprint density at radius 2 is 1.65 bits per heavy atom. The van der Waals surface area contributed by atoms with E-state index in [1.54, 1.807) is 12.1 Å². The van der Waals surface area contributed by atoms with Crippen LogP contribution in [0.1, 0.15) is 47.8 Å². The van der Waals surface area contributed by atoms with Crippen LogP contribution in [-0.4, -0.2) is 30.7 Å². The summed E-state index contributed by atoms with van der Waals surface area (Å²) in [5.41, 5.74) is 5.92. The fourth-order valence-corrected chi connectivity index (χ4v) is 4.27. The topological polar surface area (TPSA) is 89.0 Å². The quantitative estimate of drug-likeness (QED) is 0.181. The molecule has 1 unspecified atom stereocenters. The number of nitrogens with one attached hydrogen (secondary N) is 2. The highest BCUT2D eigenvalue weighted by molar-refractivity contribution is 5.97. The summed E-state index contributed by atoms with van der Waals surface area (Å²) in [5, 5.41) is 9.25. The molecule has 0 spiro atoms. The second kappa shape index (κ2) is 13.4. The van der Waals surface area contributed by atoms with Crippen LogP contribution in [0.25, 0.3) is 10.8 Å². The normalized spacial score (nSPS) is 11.9. The number of carbonyl (C=O) groups is 2. The van der Waals surface area contributed by atoms with Crippen LogP contribution in [0.3, 0.4) is 0 Å². The zero-order chi connectivity index (χ0) is 28.5. The van der Waals surface area contributed by atoms with Gasteiger partial charge in [0.05, 0.1) is 12.8 Å². The third kappa shape index (κ3) is 7.26. The van der Waals surface area contributed by atoms with Crippen LogP contribution in [-0.2, 0) is 11.4 Å². The number of rotatable bonds is 11. The number of amides is 2. The number of aryl methyl sites for hydroxylation is 1. The summed E-state index contributed by atoms with van der Waals surface area (Å²) in [5.74, 6) is 0.371. The lowest BCUT2D eigenvalue weighted by Gasteiger charge is -2.20. The molecule has 4 aromatic carbocycles. The predicted molar refractivity (Wildman–Crippen MR) is 159 cm³/mol. The Bertz CT molecular complexity index is 1490. The molecule has 7 heteroatoms. The van der Waals surface area contributed by atoms with Crippen molar-refractivity contribution in [3.05, 3.63) is 107 Å². The minimum atomic E-state index is -0.741. The molecule has 0 aromatic heterocycles. The van der Waals surface area contributed by atoms with E-state index in [4.69, 9.17) is 9.47 Å². The van der Waals surface area contributed by atoms with Gasteiger partial charge >= 0.3 is 0 Å². The first-order valence-electron chi connectivity index (χ1n) is 13.4. The van der Waals surface area contributed by atoms with Crippen molar-refractivity contribution in [3.63, 3.8) is 0 Å². The first-order chi connectivity index (χ1) is 19.4. The Hall–Kier alpha value is -4.65. The van der Waals surface area contributed by atoms with Crippen LogP contribution in [0.4, 0.5) is 0 Å². The van der Waals surface area contributed by atoms with E-state index in [1.165, 1.54) is 6.21 Å². The Balaban J connectivity index is 1.40. The van der Waals surface area contributed by atoms with Crippen molar-refractivity contribution in [1.82, 2.24) is 10.7 Å². The van der Waals surface area contributed by atoms with E-state index in [0.717, 1.165) is 27.5 Å². The molecule has 7 nitrogen and oxygen atoms in total. The maximum Gasteiger partial charge on any atom is 0.262 e. The molecule has 0 aliphatic carbocycles. The van der Waals surface area contributed by atoms with Gasteiger partial charge in [0, 0.05) is 5.56 Å². The van der Waals surface area contributed by atoms with Crippen molar-refractivity contribution in [3.8, 4) is 11.5 Å². The zero-order valence-corrected chi connectivity index (χ0v) is 23.3. The van der Waals surface area contributed by atoms with Gasteiger partial charge in [0.25, 0.3) is 11.8 Å². The van der Waals surface area contributed by atoms with Gasteiger partial charge in [-0.05, 0) is 72.0 Å². The van der Waals surface area contributed by atoms with Crippen LogP contribution in [0.2, 0.25) is 0 Å². The first kappa shape index (κ1) is 28.4. The van der Waals surface area contributed by atoms with Gasteiger partial charge in [-0.3, -0.25) is 9.59 Å². The highest BCUT2D eigenvalue weighted by Gasteiger charge is 2.24. The summed E-state index contributed by atoms with van der Waals surface area (Å²) in [6.07, 6.45) is 1.54. The van der Waals surface area contributed by atoms with E-state index in [2.05, 4.69) is 40.1 Å². The summed E-state index contributed by atoms with van der Waals surface area (Å²) in [4.78, 5) is 25.5. The smallest absolute Gasteiger partial charge is 0.262 e. The first-order valence-corrected chi connectivity index (χ1v) is 13.4. The minimum absolute atomic E-state index is 0.132. The van der Waals surface area contributed by atoms with E-state index in [0.29, 0.717) is 30.3 Å². The highest BCUT2D eigenvalue weighted by Crippen LogP contribution is 2.30. The number of hydrogen-bond donors (Lipinski definition) is 2. The van der Waals surface area contributed by atoms with E-state index >= 15 is 0 Å². The van der Waals surface area contributed by atoms with Crippen molar-refractivity contribution in [2.24, 2.45) is 11.0 Å². The Kier molecular flexibility index (Phi) is 9.52. The van der Waals surface area contributed by atoms with Crippen molar-refractivity contribution in [2.45, 2.75) is 40.3 Å². The summed E-state index contributed by atoms with van der Waals surface area (Å²) >= 11 is 0. The van der Waals surface area contributed by atoms with Gasteiger partial charge in [0.1, 0.15) is 12.6 Å². The standard InChI is InChI=1S/C33H35N3O4/c1-5-39-30-19-24(15-18-29(30)40-21-27-11-8-10-25-9-6-7-12-28(25)27)20-34-36-33(38)31(22(2)3)35-32(37)26-16-13-23(4)14-17-26/h6-20,22,31H,5,21H2,1-4H3,(H,35,37)(H,36,38). The van der Waals surface area contributed by atoms with E-state index < -0.39 is 11.9 Å². The molecule has 1 atom stereocenters.